The van der Waals surface area contributed by atoms with Gasteiger partial charge in [0.15, 0.2) is 0 Å². The highest BCUT2D eigenvalue weighted by Gasteiger charge is 2.11. The number of benzene rings is 1. The van der Waals surface area contributed by atoms with Gasteiger partial charge in [-0.05, 0) is 30.7 Å². The van der Waals surface area contributed by atoms with E-state index in [0.29, 0.717) is 12.1 Å². The van der Waals surface area contributed by atoms with E-state index >= 15 is 0 Å². The summed E-state index contributed by atoms with van der Waals surface area (Å²) in [4.78, 5) is 7.40. The third-order valence-corrected chi connectivity index (χ3v) is 3.51. The van der Waals surface area contributed by atoms with Gasteiger partial charge in [0, 0.05) is 35.9 Å². The fraction of sp³-hybridized carbons (Fsp3) is 0.188. The van der Waals surface area contributed by atoms with Crippen LogP contribution in [0.5, 0.6) is 0 Å². The molecule has 0 amide bonds. The number of nitrogens with one attached hydrogen (secondary N) is 2. The lowest BCUT2D eigenvalue weighted by molar-refractivity contribution is 0.529. The van der Waals surface area contributed by atoms with Gasteiger partial charge in [-0.1, -0.05) is 18.2 Å². The zero-order valence-corrected chi connectivity index (χ0v) is 11.2. The van der Waals surface area contributed by atoms with Crippen LogP contribution in [0.2, 0.25) is 0 Å². The Balaban J connectivity index is 1.75. The minimum absolute atomic E-state index is 0.0437. The number of hydrogen-bond donors (Lipinski definition) is 2. The number of halogens is 1. The Bertz CT molecular complexity index is 720. The summed E-state index contributed by atoms with van der Waals surface area (Å²) >= 11 is 0. The molecule has 3 nitrogen and oxygen atoms in total. The average Bonchev–Trinajstić information content (AvgIpc) is 2.88. The summed E-state index contributed by atoms with van der Waals surface area (Å²) in [5.41, 5.74) is 2.70. The first-order chi connectivity index (χ1) is 9.75. The molecule has 0 aliphatic carbocycles. The fourth-order valence-electron chi connectivity index (χ4n) is 2.36. The monoisotopic (exact) mass is 269 g/mol. The van der Waals surface area contributed by atoms with Crippen molar-refractivity contribution in [1.29, 1.82) is 0 Å². The summed E-state index contributed by atoms with van der Waals surface area (Å²) < 4.78 is 13.7. The first-order valence-electron chi connectivity index (χ1n) is 6.64. The highest BCUT2D eigenvalue weighted by Crippen LogP contribution is 2.19. The van der Waals surface area contributed by atoms with Crippen molar-refractivity contribution in [3.05, 3.63) is 65.7 Å². The zero-order chi connectivity index (χ0) is 13.9. The Hall–Kier alpha value is -2.20. The Morgan fingerprint density at radius 1 is 1.25 bits per heavy atom. The second-order valence-electron chi connectivity index (χ2n) is 4.84. The van der Waals surface area contributed by atoms with Crippen LogP contribution in [0.25, 0.3) is 11.0 Å². The van der Waals surface area contributed by atoms with Crippen LogP contribution in [-0.2, 0) is 6.54 Å². The topological polar surface area (TPSA) is 40.7 Å². The Morgan fingerprint density at radius 3 is 2.95 bits per heavy atom. The first-order valence-corrected chi connectivity index (χ1v) is 6.64. The Labute approximate surface area is 116 Å². The molecule has 0 bridgehead atoms. The number of pyridine rings is 1. The normalized spacial score (nSPS) is 12.7. The van der Waals surface area contributed by atoms with Crippen LogP contribution in [0.3, 0.4) is 0 Å². The summed E-state index contributed by atoms with van der Waals surface area (Å²) in [5.74, 6) is -0.173. The number of aromatic nitrogens is 2. The second kappa shape index (κ2) is 5.43. The molecule has 1 atom stereocenters. The quantitative estimate of drug-likeness (QED) is 0.760. The molecule has 2 heterocycles. The first kappa shape index (κ1) is 12.8. The van der Waals surface area contributed by atoms with E-state index in [9.17, 15) is 4.39 Å². The van der Waals surface area contributed by atoms with E-state index in [0.717, 1.165) is 16.6 Å². The summed E-state index contributed by atoms with van der Waals surface area (Å²) in [6, 6.07) is 10.8. The third kappa shape index (κ3) is 2.42. The molecule has 4 heteroatoms. The van der Waals surface area contributed by atoms with Crippen LogP contribution in [-0.4, -0.2) is 9.97 Å². The minimum atomic E-state index is -0.173. The van der Waals surface area contributed by atoms with E-state index in [1.54, 1.807) is 12.3 Å². The molecule has 0 aliphatic rings. The maximum atomic E-state index is 13.7. The van der Waals surface area contributed by atoms with Gasteiger partial charge in [-0.2, -0.15) is 0 Å². The van der Waals surface area contributed by atoms with Gasteiger partial charge in [-0.15, -0.1) is 0 Å². The van der Waals surface area contributed by atoms with E-state index < -0.39 is 0 Å². The van der Waals surface area contributed by atoms with Gasteiger partial charge >= 0.3 is 0 Å². The standard InChI is InChI=1S/C16H16FN3/c1-11(13-5-2-3-7-15(13)17)19-9-12-10-20-16-14(12)6-4-8-18-16/h2-8,10-11,19H,9H2,1H3,(H,18,20). The van der Waals surface area contributed by atoms with Crippen molar-refractivity contribution in [2.24, 2.45) is 0 Å². The van der Waals surface area contributed by atoms with Gasteiger partial charge in [0.05, 0.1) is 0 Å². The van der Waals surface area contributed by atoms with E-state index in [4.69, 9.17) is 0 Å². The minimum Gasteiger partial charge on any atom is -0.346 e. The molecule has 1 unspecified atom stereocenters. The van der Waals surface area contributed by atoms with Gasteiger partial charge in [0.2, 0.25) is 0 Å². The molecule has 0 aliphatic heterocycles. The molecule has 3 aromatic rings. The molecule has 1 aromatic carbocycles. The van der Waals surface area contributed by atoms with Crippen LogP contribution in [0.15, 0.2) is 48.8 Å². The molecule has 0 fully saturated rings. The average molecular weight is 269 g/mol. The molecule has 2 aromatic heterocycles. The summed E-state index contributed by atoms with van der Waals surface area (Å²) in [6.07, 6.45) is 3.71. The third-order valence-electron chi connectivity index (χ3n) is 3.51. The maximum absolute atomic E-state index is 13.7. The molecular weight excluding hydrogens is 253 g/mol. The van der Waals surface area contributed by atoms with Gasteiger partial charge < -0.3 is 10.3 Å². The summed E-state index contributed by atoms with van der Waals surface area (Å²) in [7, 11) is 0. The smallest absolute Gasteiger partial charge is 0.137 e. The van der Waals surface area contributed by atoms with Crippen LogP contribution in [0.1, 0.15) is 24.1 Å². The van der Waals surface area contributed by atoms with Crippen molar-refractivity contribution in [3.8, 4) is 0 Å². The number of H-pyrrole nitrogens is 1. The van der Waals surface area contributed by atoms with Crippen LogP contribution in [0, 0.1) is 5.82 Å². The molecule has 3 rings (SSSR count). The predicted molar refractivity (Wildman–Crippen MR) is 77.7 cm³/mol. The van der Waals surface area contributed by atoms with Crippen LogP contribution in [0.4, 0.5) is 4.39 Å². The second-order valence-corrected chi connectivity index (χ2v) is 4.84. The molecule has 102 valence electrons. The van der Waals surface area contributed by atoms with Gasteiger partial charge in [-0.3, -0.25) is 0 Å². The highest BCUT2D eigenvalue weighted by atomic mass is 19.1. The van der Waals surface area contributed by atoms with Gasteiger partial charge in [0.25, 0.3) is 0 Å². The molecule has 0 radical (unpaired) electrons. The lowest BCUT2D eigenvalue weighted by atomic mass is 10.1. The predicted octanol–water partition coefficient (Wildman–Crippen LogP) is 3.55. The number of nitrogens with zero attached hydrogens (tertiary/aromatic N) is 1. The fourth-order valence-corrected chi connectivity index (χ4v) is 2.36. The van der Waals surface area contributed by atoms with E-state index in [2.05, 4.69) is 15.3 Å². The molecule has 0 saturated carbocycles. The highest BCUT2D eigenvalue weighted by molar-refractivity contribution is 5.79. The maximum Gasteiger partial charge on any atom is 0.137 e. The number of aromatic amines is 1. The van der Waals surface area contributed by atoms with Crippen molar-refractivity contribution < 1.29 is 4.39 Å². The lowest BCUT2D eigenvalue weighted by Gasteiger charge is -2.14. The van der Waals surface area contributed by atoms with E-state index in [1.165, 1.54) is 6.07 Å². The van der Waals surface area contributed by atoms with Crippen molar-refractivity contribution in [2.45, 2.75) is 19.5 Å². The van der Waals surface area contributed by atoms with Crippen molar-refractivity contribution >= 4 is 11.0 Å². The van der Waals surface area contributed by atoms with Crippen LogP contribution >= 0.6 is 0 Å². The summed E-state index contributed by atoms with van der Waals surface area (Å²) in [5, 5.41) is 4.44. The molecule has 0 saturated heterocycles. The van der Waals surface area contributed by atoms with E-state index in [1.807, 2.05) is 37.4 Å². The number of fused-ring (bicyclic) bond motifs is 1. The number of rotatable bonds is 4. The molecule has 2 N–H and O–H groups in total. The number of hydrogen-bond acceptors (Lipinski definition) is 2. The molecule has 20 heavy (non-hydrogen) atoms. The lowest BCUT2D eigenvalue weighted by Crippen LogP contribution is -2.18. The van der Waals surface area contributed by atoms with Crippen molar-refractivity contribution in [3.63, 3.8) is 0 Å². The van der Waals surface area contributed by atoms with E-state index in [-0.39, 0.29) is 11.9 Å². The molecule has 0 spiro atoms. The Morgan fingerprint density at radius 2 is 2.10 bits per heavy atom. The molecular formula is C16H16FN3. The summed E-state index contributed by atoms with van der Waals surface area (Å²) in [6.45, 7) is 2.63. The van der Waals surface area contributed by atoms with Crippen molar-refractivity contribution in [2.75, 3.05) is 0 Å². The van der Waals surface area contributed by atoms with Crippen molar-refractivity contribution in [1.82, 2.24) is 15.3 Å². The Kier molecular flexibility index (Phi) is 3.48. The van der Waals surface area contributed by atoms with Gasteiger partial charge in [0.1, 0.15) is 11.5 Å². The van der Waals surface area contributed by atoms with Crippen LogP contribution < -0.4 is 5.32 Å². The zero-order valence-electron chi connectivity index (χ0n) is 11.2. The SMILES string of the molecule is CC(NCc1c[nH]c2ncccc12)c1ccccc1F. The van der Waals surface area contributed by atoms with Gasteiger partial charge in [-0.25, -0.2) is 9.37 Å². The largest absolute Gasteiger partial charge is 0.346 e.